The molecule has 0 spiro atoms. The van der Waals surface area contributed by atoms with Gasteiger partial charge >= 0.3 is 0 Å². The molecular weight excluding hydrogens is 335 g/mol. The number of carbonyl (C=O) groups excluding carboxylic acids is 1. The highest BCUT2D eigenvalue weighted by Crippen LogP contribution is 2.18. The van der Waals surface area contributed by atoms with Gasteiger partial charge in [0.25, 0.3) is 5.56 Å². The van der Waals surface area contributed by atoms with Crippen LogP contribution in [0.4, 0.5) is 10.2 Å². The summed E-state index contributed by atoms with van der Waals surface area (Å²) in [6.45, 7) is 1.03. The fourth-order valence-electron chi connectivity index (χ4n) is 3.15. The van der Waals surface area contributed by atoms with E-state index in [0.717, 1.165) is 5.56 Å². The van der Waals surface area contributed by atoms with Gasteiger partial charge in [-0.25, -0.2) is 9.37 Å². The molecule has 1 saturated heterocycles. The third kappa shape index (κ3) is 3.15. The van der Waals surface area contributed by atoms with Crippen LogP contribution < -0.4 is 10.9 Å². The van der Waals surface area contributed by atoms with Crippen molar-refractivity contribution in [3.05, 3.63) is 76.5 Å². The Morgan fingerprint density at radius 1 is 1.15 bits per heavy atom. The van der Waals surface area contributed by atoms with Gasteiger partial charge < -0.3 is 10.2 Å². The van der Waals surface area contributed by atoms with Crippen molar-refractivity contribution in [1.29, 1.82) is 0 Å². The second-order valence-electron chi connectivity index (χ2n) is 6.28. The zero-order valence-electron chi connectivity index (χ0n) is 13.9. The summed E-state index contributed by atoms with van der Waals surface area (Å²) < 4.78 is 14.4. The lowest BCUT2D eigenvalue weighted by molar-refractivity contribution is -0.128. The predicted octanol–water partition coefficient (Wildman–Crippen LogP) is 2.05. The number of benzene rings is 1. The standard InChI is InChI=1S/C19H17FN4O2/c20-14-6-4-13(5-7-14)12-23-10-8-15(19(23)26)21-16-11-18(25)24-9-2-1-3-17(24)22-16/h1-7,9,11,15,21H,8,10,12H2. The van der Waals surface area contributed by atoms with Crippen LogP contribution in [0.25, 0.3) is 5.65 Å². The van der Waals surface area contributed by atoms with Crippen molar-refractivity contribution in [2.75, 3.05) is 11.9 Å². The van der Waals surface area contributed by atoms with Crippen molar-refractivity contribution in [3.63, 3.8) is 0 Å². The number of hydrogen-bond donors (Lipinski definition) is 1. The minimum Gasteiger partial charge on any atom is -0.358 e. The third-order valence-corrected chi connectivity index (χ3v) is 4.48. The molecular formula is C19H17FN4O2. The Bertz CT molecular complexity index is 1020. The smallest absolute Gasteiger partial charge is 0.259 e. The average Bonchev–Trinajstić information content (AvgIpc) is 2.97. The molecule has 1 amide bonds. The third-order valence-electron chi connectivity index (χ3n) is 4.48. The lowest BCUT2D eigenvalue weighted by atomic mass is 10.2. The summed E-state index contributed by atoms with van der Waals surface area (Å²) in [5, 5.41) is 3.07. The largest absolute Gasteiger partial charge is 0.358 e. The number of carbonyl (C=O) groups is 1. The van der Waals surface area contributed by atoms with E-state index >= 15 is 0 Å². The molecule has 4 rings (SSSR count). The molecule has 6 nitrogen and oxygen atoms in total. The van der Waals surface area contributed by atoms with Gasteiger partial charge in [-0.3, -0.25) is 14.0 Å². The lowest BCUT2D eigenvalue weighted by Crippen LogP contribution is -2.33. The zero-order chi connectivity index (χ0) is 18.1. The van der Waals surface area contributed by atoms with Crippen LogP contribution in [0.15, 0.2) is 59.5 Å². The number of aromatic nitrogens is 2. The first-order chi connectivity index (χ1) is 12.6. The summed E-state index contributed by atoms with van der Waals surface area (Å²) in [5.74, 6) is 0.0438. The van der Waals surface area contributed by atoms with Crippen molar-refractivity contribution in [1.82, 2.24) is 14.3 Å². The Hall–Kier alpha value is -3.22. The summed E-state index contributed by atoms with van der Waals surface area (Å²) in [7, 11) is 0. The molecule has 132 valence electrons. The van der Waals surface area contributed by atoms with Crippen molar-refractivity contribution < 1.29 is 9.18 Å². The van der Waals surface area contributed by atoms with E-state index < -0.39 is 6.04 Å². The van der Waals surface area contributed by atoms with E-state index in [1.807, 2.05) is 0 Å². The summed E-state index contributed by atoms with van der Waals surface area (Å²) in [4.78, 5) is 30.9. The van der Waals surface area contributed by atoms with Gasteiger partial charge in [-0.1, -0.05) is 18.2 Å². The van der Waals surface area contributed by atoms with E-state index in [1.54, 1.807) is 41.4 Å². The van der Waals surface area contributed by atoms with Gasteiger partial charge in [-0.2, -0.15) is 0 Å². The van der Waals surface area contributed by atoms with E-state index in [0.29, 0.717) is 31.0 Å². The lowest BCUT2D eigenvalue weighted by Gasteiger charge is -2.17. The highest BCUT2D eigenvalue weighted by Gasteiger charge is 2.31. The van der Waals surface area contributed by atoms with E-state index in [-0.39, 0.29) is 17.3 Å². The average molecular weight is 352 g/mol. The SMILES string of the molecule is O=C1C(Nc2cc(=O)n3ccccc3n2)CCN1Cc1ccc(F)cc1. The number of nitrogens with zero attached hydrogens (tertiary/aromatic N) is 3. The summed E-state index contributed by atoms with van der Waals surface area (Å²) in [6.07, 6.45) is 2.27. The number of fused-ring (bicyclic) bond motifs is 1. The van der Waals surface area contributed by atoms with E-state index in [9.17, 15) is 14.0 Å². The van der Waals surface area contributed by atoms with Gasteiger partial charge in [0.1, 0.15) is 23.3 Å². The van der Waals surface area contributed by atoms with Crippen molar-refractivity contribution in [2.24, 2.45) is 0 Å². The molecule has 1 N–H and O–H groups in total. The normalized spacial score (nSPS) is 17.0. The number of rotatable bonds is 4. The molecule has 3 heterocycles. The quantitative estimate of drug-likeness (QED) is 0.780. The molecule has 2 aromatic heterocycles. The van der Waals surface area contributed by atoms with Gasteiger partial charge in [-0.15, -0.1) is 0 Å². The first-order valence-electron chi connectivity index (χ1n) is 8.38. The topological polar surface area (TPSA) is 66.7 Å². The molecule has 1 fully saturated rings. The Kier molecular flexibility index (Phi) is 4.12. The van der Waals surface area contributed by atoms with E-state index in [1.165, 1.54) is 22.6 Å². The second kappa shape index (κ2) is 6.59. The van der Waals surface area contributed by atoms with Crippen LogP contribution in [0, 0.1) is 5.82 Å². The fourth-order valence-corrected chi connectivity index (χ4v) is 3.15. The monoisotopic (exact) mass is 352 g/mol. The number of halogens is 1. The van der Waals surface area contributed by atoms with Crippen LogP contribution in [-0.4, -0.2) is 32.8 Å². The van der Waals surface area contributed by atoms with Crippen LogP contribution in [0.2, 0.25) is 0 Å². The van der Waals surface area contributed by atoms with Crippen LogP contribution >= 0.6 is 0 Å². The van der Waals surface area contributed by atoms with Crippen LogP contribution in [-0.2, 0) is 11.3 Å². The highest BCUT2D eigenvalue weighted by molar-refractivity contribution is 5.86. The predicted molar refractivity (Wildman–Crippen MR) is 95.3 cm³/mol. The number of likely N-dealkylation sites (tertiary alicyclic amines) is 1. The molecule has 1 aliphatic rings. The molecule has 7 heteroatoms. The molecule has 0 aliphatic carbocycles. The van der Waals surface area contributed by atoms with E-state index in [2.05, 4.69) is 10.3 Å². The molecule has 1 aliphatic heterocycles. The van der Waals surface area contributed by atoms with Gasteiger partial charge in [-0.05, 0) is 36.2 Å². The molecule has 1 atom stereocenters. The van der Waals surface area contributed by atoms with Gasteiger partial charge in [0.05, 0.1) is 0 Å². The molecule has 1 aromatic carbocycles. The maximum absolute atomic E-state index is 13.0. The Morgan fingerprint density at radius 3 is 2.77 bits per heavy atom. The van der Waals surface area contributed by atoms with Gasteiger partial charge in [0.2, 0.25) is 5.91 Å². The Balaban J connectivity index is 1.48. The molecule has 0 radical (unpaired) electrons. The minimum atomic E-state index is -0.423. The van der Waals surface area contributed by atoms with Gasteiger partial charge in [0, 0.05) is 25.4 Å². The van der Waals surface area contributed by atoms with Crippen LogP contribution in [0.3, 0.4) is 0 Å². The number of hydrogen-bond acceptors (Lipinski definition) is 4. The second-order valence-corrected chi connectivity index (χ2v) is 6.28. The van der Waals surface area contributed by atoms with Gasteiger partial charge in [0.15, 0.2) is 0 Å². The first-order valence-corrected chi connectivity index (χ1v) is 8.38. The maximum Gasteiger partial charge on any atom is 0.259 e. The van der Waals surface area contributed by atoms with Crippen LogP contribution in [0.1, 0.15) is 12.0 Å². The number of nitrogens with one attached hydrogen (secondary N) is 1. The van der Waals surface area contributed by atoms with Crippen LogP contribution in [0.5, 0.6) is 0 Å². The number of anilines is 1. The van der Waals surface area contributed by atoms with Crippen molar-refractivity contribution in [3.8, 4) is 0 Å². The van der Waals surface area contributed by atoms with Crippen molar-refractivity contribution >= 4 is 17.4 Å². The number of pyridine rings is 1. The molecule has 0 saturated carbocycles. The summed E-state index contributed by atoms with van der Waals surface area (Å²) in [6, 6.07) is 12.4. The molecule has 26 heavy (non-hydrogen) atoms. The first kappa shape index (κ1) is 16.3. The zero-order valence-corrected chi connectivity index (χ0v) is 13.9. The number of amides is 1. The summed E-state index contributed by atoms with van der Waals surface area (Å²) >= 11 is 0. The molecule has 1 unspecified atom stereocenters. The Labute approximate surface area is 148 Å². The fraction of sp³-hybridized carbons (Fsp3) is 0.211. The highest BCUT2D eigenvalue weighted by atomic mass is 19.1. The maximum atomic E-state index is 13.0. The van der Waals surface area contributed by atoms with Crippen molar-refractivity contribution in [2.45, 2.75) is 19.0 Å². The Morgan fingerprint density at radius 2 is 1.96 bits per heavy atom. The minimum absolute atomic E-state index is 0.0515. The molecule has 0 bridgehead atoms. The summed E-state index contributed by atoms with van der Waals surface area (Å²) in [5.41, 5.74) is 1.20. The van der Waals surface area contributed by atoms with E-state index in [4.69, 9.17) is 0 Å². The molecule has 3 aromatic rings.